The van der Waals surface area contributed by atoms with Crippen LogP contribution in [0.5, 0.6) is 5.75 Å². The Bertz CT molecular complexity index is 384. The first-order valence-corrected chi connectivity index (χ1v) is 5.64. The third kappa shape index (κ3) is 4.01. The highest BCUT2D eigenvalue weighted by Gasteiger charge is 2.38. The number of thioether (sulfide) groups is 1. The molecule has 0 heterocycles. The molecule has 0 spiro atoms. The Morgan fingerprint density at radius 2 is 2.12 bits per heavy atom. The molecule has 1 rings (SSSR count). The van der Waals surface area contributed by atoms with E-state index in [0.29, 0.717) is 16.3 Å². The van der Waals surface area contributed by atoms with Crippen LogP contribution >= 0.6 is 11.8 Å². The molecule has 0 fully saturated rings. The number of hydrogen-bond donors (Lipinski definition) is 2. The average Bonchev–Trinajstić information content (AvgIpc) is 2.26. The van der Waals surface area contributed by atoms with E-state index in [1.54, 1.807) is 12.1 Å². The van der Waals surface area contributed by atoms with Crippen LogP contribution in [-0.2, 0) is 0 Å². The minimum atomic E-state index is -4.61. The van der Waals surface area contributed by atoms with Crippen molar-refractivity contribution >= 4 is 17.4 Å². The van der Waals surface area contributed by atoms with Gasteiger partial charge in [-0.25, -0.2) is 0 Å². The van der Waals surface area contributed by atoms with Crippen LogP contribution in [0.3, 0.4) is 0 Å². The van der Waals surface area contributed by atoms with E-state index in [-0.39, 0.29) is 0 Å². The molecule has 17 heavy (non-hydrogen) atoms. The van der Waals surface area contributed by atoms with Crippen molar-refractivity contribution in [3.05, 3.63) is 18.2 Å². The van der Waals surface area contributed by atoms with Crippen LogP contribution in [0, 0.1) is 0 Å². The molecule has 3 nitrogen and oxygen atoms in total. The number of hydrogen-bond acceptors (Lipinski definition) is 4. The number of ether oxygens (including phenoxy) is 1. The fraction of sp³-hybridized carbons (Fsp3) is 0.400. The van der Waals surface area contributed by atoms with E-state index in [2.05, 4.69) is 0 Å². The lowest BCUT2D eigenvalue weighted by atomic mass is 10.3. The number of nitrogens with two attached hydrogens (primary N) is 1. The lowest BCUT2D eigenvalue weighted by molar-refractivity contribution is -0.195. The van der Waals surface area contributed by atoms with Crippen LogP contribution in [-0.4, -0.2) is 30.2 Å². The maximum Gasteiger partial charge on any atom is 0.415 e. The molecule has 1 aromatic carbocycles. The van der Waals surface area contributed by atoms with Crippen molar-refractivity contribution in [1.82, 2.24) is 0 Å². The zero-order valence-electron chi connectivity index (χ0n) is 8.99. The number of nitrogen functional groups attached to an aromatic ring is 1. The predicted molar refractivity (Wildman–Crippen MR) is 60.2 cm³/mol. The predicted octanol–water partition coefficient (Wildman–Crippen LogP) is 2.29. The van der Waals surface area contributed by atoms with E-state index < -0.39 is 18.0 Å². The SMILES string of the molecule is COc1ccc(N)c(SCC(O)C(F)(F)F)c1. The second-order valence-corrected chi connectivity index (χ2v) is 4.33. The summed E-state index contributed by atoms with van der Waals surface area (Å²) in [7, 11) is 1.45. The highest BCUT2D eigenvalue weighted by molar-refractivity contribution is 7.99. The molecule has 3 N–H and O–H groups in total. The summed E-state index contributed by atoms with van der Waals surface area (Å²) in [6.45, 7) is 0. The van der Waals surface area contributed by atoms with Crippen molar-refractivity contribution in [2.24, 2.45) is 0 Å². The van der Waals surface area contributed by atoms with Crippen LogP contribution in [0.4, 0.5) is 18.9 Å². The van der Waals surface area contributed by atoms with Crippen molar-refractivity contribution < 1.29 is 23.0 Å². The Morgan fingerprint density at radius 1 is 1.47 bits per heavy atom. The largest absolute Gasteiger partial charge is 0.497 e. The molecule has 1 unspecified atom stereocenters. The first kappa shape index (κ1) is 14.0. The van der Waals surface area contributed by atoms with Gasteiger partial charge in [0.2, 0.25) is 0 Å². The van der Waals surface area contributed by atoms with Gasteiger partial charge in [0.15, 0.2) is 6.10 Å². The first-order chi connectivity index (χ1) is 7.84. The summed E-state index contributed by atoms with van der Waals surface area (Å²) in [5.74, 6) is 0.00382. The molecule has 96 valence electrons. The van der Waals surface area contributed by atoms with Crippen LogP contribution in [0.2, 0.25) is 0 Å². The summed E-state index contributed by atoms with van der Waals surface area (Å²) >= 11 is 0.837. The average molecular weight is 267 g/mol. The number of aliphatic hydroxyl groups excluding tert-OH is 1. The Hall–Kier alpha value is -1.08. The topological polar surface area (TPSA) is 55.5 Å². The molecular formula is C10H12F3NO2S. The highest BCUT2D eigenvalue weighted by Crippen LogP contribution is 2.32. The molecule has 0 aliphatic heterocycles. The summed E-state index contributed by atoms with van der Waals surface area (Å²) in [4.78, 5) is 0.452. The summed E-state index contributed by atoms with van der Waals surface area (Å²) in [5.41, 5.74) is 5.95. The van der Waals surface area contributed by atoms with E-state index in [4.69, 9.17) is 15.6 Å². The van der Waals surface area contributed by atoms with Crippen molar-refractivity contribution in [1.29, 1.82) is 0 Å². The van der Waals surface area contributed by atoms with Gasteiger partial charge in [0.1, 0.15) is 5.75 Å². The summed E-state index contributed by atoms with van der Waals surface area (Å²) in [6.07, 6.45) is -6.97. The second-order valence-electron chi connectivity index (χ2n) is 3.27. The number of benzene rings is 1. The third-order valence-corrected chi connectivity index (χ3v) is 3.14. The molecular weight excluding hydrogens is 255 g/mol. The maximum atomic E-state index is 12.1. The van der Waals surface area contributed by atoms with Crippen LogP contribution in [0.1, 0.15) is 0 Å². The van der Waals surface area contributed by atoms with E-state index in [1.807, 2.05) is 0 Å². The van der Waals surface area contributed by atoms with Crippen molar-refractivity contribution in [2.75, 3.05) is 18.6 Å². The number of methoxy groups -OCH3 is 1. The fourth-order valence-corrected chi connectivity index (χ4v) is 1.99. The lowest BCUT2D eigenvalue weighted by Gasteiger charge is -2.14. The van der Waals surface area contributed by atoms with Crippen LogP contribution < -0.4 is 10.5 Å². The Kier molecular flexibility index (Phi) is 4.53. The molecule has 1 aromatic rings. The van der Waals surface area contributed by atoms with Gasteiger partial charge < -0.3 is 15.6 Å². The quantitative estimate of drug-likeness (QED) is 0.649. The molecule has 0 saturated carbocycles. The number of anilines is 1. The normalized spacial score (nSPS) is 13.5. The summed E-state index contributed by atoms with van der Waals surface area (Å²) in [5, 5.41) is 8.85. The van der Waals surface area contributed by atoms with Gasteiger partial charge in [0.05, 0.1) is 7.11 Å². The molecule has 0 aliphatic rings. The second kappa shape index (κ2) is 5.50. The maximum absolute atomic E-state index is 12.1. The Labute approximate surface area is 101 Å². The number of halogens is 3. The molecule has 7 heteroatoms. The zero-order chi connectivity index (χ0) is 13.1. The lowest BCUT2D eigenvalue weighted by Crippen LogP contribution is -2.30. The van der Waals surface area contributed by atoms with Crippen molar-refractivity contribution in [2.45, 2.75) is 17.2 Å². The van der Waals surface area contributed by atoms with Gasteiger partial charge >= 0.3 is 6.18 Å². The first-order valence-electron chi connectivity index (χ1n) is 4.65. The molecule has 0 radical (unpaired) electrons. The standard InChI is InChI=1S/C10H12F3NO2S/c1-16-6-2-3-7(14)8(4-6)17-5-9(15)10(11,12)13/h2-4,9,15H,5,14H2,1H3. The number of rotatable bonds is 4. The van der Waals surface area contributed by atoms with Gasteiger partial charge in [-0.3, -0.25) is 0 Å². The van der Waals surface area contributed by atoms with Gasteiger partial charge in [-0.1, -0.05) is 0 Å². The van der Waals surface area contributed by atoms with Crippen LogP contribution in [0.15, 0.2) is 23.1 Å². The van der Waals surface area contributed by atoms with Gasteiger partial charge in [0.25, 0.3) is 0 Å². The zero-order valence-corrected chi connectivity index (χ0v) is 9.81. The third-order valence-electron chi connectivity index (χ3n) is 2.00. The minimum Gasteiger partial charge on any atom is -0.497 e. The van der Waals surface area contributed by atoms with Gasteiger partial charge in [0, 0.05) is 16.3 Å². The van der Waals surface area contributed by atoms with Gasteiger partial charge in [-0.05, 0) is 18.2 Å². The van der Waals surface area contributed by atoms with Crippen LogP contribution in [0.25, 0.3) is 0 Å². The Morgan fingerprint density at radius 3 is 2.65 bits per heavy atom. The molecule has 0 bridgehead atoms. The minimum absolute atomic E-state index is 0.352. The summed E-state index contributed by atoms with van der Waals surface area (Å²) in [6, 6.07) is 4.68. The highest BCUT2D eigenvalue weighted by atomic mass is 32.2. The van der Waals surface area contributed by atoms with Gasteiger partial charge in [-0.2, -0.15) is 13.2 Å². The number of aliphatic hydroxyl groups is 1. The van der Waals surface area contributed by atoms with E-state index >= 15 is 0 Å². The smallest absolute Gasteiger partial charge is 0.415 e. The molecule has 0 aliphatic carbocycles. The number of alkyl halides is 3. The van der Waals surface area contributed by atoms with Gasteiger partial charge in [-0.15, -0.1) is 11.8 Å². The van der Waals surface area contributed by atoms with Crippen molar-refractivity contribution in [3.63, 3.8) is 0 Å². The molecule has 0 saturated heterocycles. The summed E-state index contributed by atoms with van der Waals surface area (Å²) < 4.78 is 41.2. The Balaban J connectivity index is 2.69. The molecule has 0 aromatic heterocycles. The molecule has 0 amide bonds. The fourth-order valence-electron chi connectivity index (χ4n) is 1.03. The van der Waals surface area contributed by atoms with E-state index in [9.17, 15) is 13.2 Å². The monoisotopic (exact) mass is 267 g/mol. The van der Waals surface area contributed by atoms with E-state index in [1.165, 1.54) is 13.2 Å². The van der Waals surface area contributed by atoms with E-state index in [0.717, 1.165) is 11.8 Å². The molecule has 1 atom stereocenters. The van der Waals surface area contributed by atoms with Crippen molar-refractivity contribution in [3.8, 4) is 5.75 Å².